The van der Waals surface area contributed by atoms with Crippen LogP contribution in [0.4, 0.5) is 5.69 Å². The average Bonchev–Trinajstić information content (AvgIpc) is 2.39. The Morgan fingerprint density at radius 3 is 2.56 bits per heavy atom. The molecule has 0 radical (unpaired) electrons. The van der Waals surface area contributed by atoms with E-state index in [4.69, 9.17) is 16.3 Å². The van der Waals surface area contributed by atoms with E-state index in [9.17, 15) is 5.11 Å². The number of hydrogen-bond donors (Lipinski definition) is 1. The number of ether oxygens (including phenoxy) is 1. The second-order valence-electron chi connectivity index (χ2n) is 3.63. The van der Waals surface area contributed by atoms with E-state index < -0.39 is 0 Å². The second kappa shape index (κ2) is 5.56. The summed E-state index contributed by atoms with van der Waals surface area (Å²) in [6, 6.07) is 12.4. The van der Waals surface area contributed by atoms with E-state index in [0.29, 0.717) is 16.3 Å². The summed E-state index contributed by atoms with van der Waals surface area (Å²) in [6.45, 7) is 0. The fourth-order valence-electron chi connectivity index (χ4n) is 1.48. The Kier molecular flexibility index (Phi) is 3.85. The van der Waals surface area contributed by atoms with Crippen LogP contribution in [-0.4, -0.2) is 18.4 Å². The lowest BCUT2D eigenvalue weighted by molar-refractivity contribution is 0.373. The zero-order valence-electron chi connectivity index (χ0n) is 9.80. The van der Waals surface area contributed by atoms with E-state index in [2.05, 4.69) is 4.99 Å². The molecule has 0 aromatic heterocycles. The Hall–Kier alpha value is -2.00. The maximum atomic E-state index is 9.87. The van der Waals surface area contributed by atoms with E-state index in [0.717, 1.165) is 5.69 Å². The maximum Gasteiger partial charge on any atom is 0.166 e. The third-order valence-electron chi connectivity index (χ3n) is 2.43. The summed E-state index contributed by atoms with van der Waals surface area (Å²) < 4.78 is 5.02. The summed E-state index contributed by atoms with van der Waals surface area (Å²) in [4.78, 5) is 4.25. The van der Waals surface area contributed by atoms with Crippen molar-refractivity contribution in [3.63, 3.8) is 0 Å². The third-order valence-corrected chi connectivity index (χ3v) is 2.68. The van der Waals surface area contributed by atoms with E-state index in [1.807, 2.05) is 0 Å². The van der Waals surface area contributed by atoms with Crippen molar-refractivity contribution >= 4 is 23.5 Å². The molecule has 4 heteroatoms. The molecule has 0 fully saturated rings. The van der Waals surface area contributed by atoms with Gasteiger partial charge in [0.1, 0.15) is 0 Å². The Bertz CT molecular complexity index is 565. The Morgan fingerprint density at radius 1 is 1.17 bits per heavy atom. The van der Waals surface area contributed by atoms with Crippen LogP contribution in [0.25, 0.3) is 0 Å². The highest BCUT2D eigenvalue weighted by molar-refractivity contribution is 6.30. The van der Waals surface area contributed by atoms with Crippen molar-refractivity contribution in [1.82, 2.24) is 0 Å². The molecule has 0 aliphatic heterocycles. The van der Waals surface area contributed by atoms with Gasteiger partial charge in [-0.2, -0.15) is 0 Å². The number of benzene rings is 2. The molecule has 0 amide bonds. The van der Waals surface area contributed by atoms with Crippen LogP contribution in [0.5, 0.6) is 11.5 Å². The van der Waals surface area contributed by atoms with E-state index in [1.54, 1.807) is 48.7 Å². The van der Waals surface area contributed by atoms with Crippen molar-refractivity contribution in [3.8, 4) is 11.5 Å². The van der Waals surface area contributed by atoms with E-state index in [1.165, 1.54) is 7.11 Å². The predicted octanol–water partition coefficient (Wildman–Crippen LogP) is 3.80. The standard InChI is InChI=1S/C14H12ClNO2/c1-18-13-4-2-3-10(14(13)17)9-16-12-7-5-11(15)6-8-12/h2-9,17H,1H3. The van der Waals surface area contributed by atoms with Gasteiger partial charge < -0.3 is 9.84 Å². The van der Waals surface area contributed by atoms with Gasteiger partial charge in [-0.25, -0.2) is 0 Å². The number of phenols is 1. The van der Waals surface area contributed by atoms with Crippen molar-refractivity contribution in [1.29, 1.82) is 0 Å². The summed E-state index contributed by atoms with van der Waals surface area (Å²) in [5, 5.41) is 10.5. The minimum atomic E-state index is 0.0812. The predicted molar refractivity (Wildman–Crippen MR) is 73.4 cm³/mol. The van der Waals surface area contributed by atoms with Gasteiger partial charge in [-0.05, 0) is 36.4 Å². The molecule has 92 valence electrons. The molecule has 1 N–H and O–H groups in total. The van der Waals surface area contributed by atoms with Crippen LogP contribution in [0.3, 0.4) is 0 Å². The van der Waals surface area contributed by atoms with Gasteiger partial charge in [-0.3, -0.25) is 4.99 Å². The van der Waals surface area contributed by atoms with Crippen LogP contribution < -0.4 is 4.74 Å². The molecule has 0 spiro atoms. The SMILES string of the molecule is COc1cccc(C=Nc2ccc(Cl)cc2)c1O. The highest BCUT2D eigenvalue weighted by Crippen LogP contribution is 2.28. The molecule has 3 nitrogen and oxygen atoms in total. The second-order valence-corrected chi connectivity index (χ2v) is 4.07. The van der Waals surface area contributed by atoms with Crippen LogP contribution in [0.1, 0.15) is 5.56 Å². The Balaban J connectivity index is 2.26. The smallest absolute Gasteiger partial charge is 0.166 e. The number of phenolic OH excluding ortho intramolecular Hbond substituents is 1. The number of para-hydroxylation sites is 1. The molecule has 18 heavy (non-hydrogen) atoms. The van der Waals surface area contributed by atoms with Crippen molar-refractivity contribution in [2.75, 3.05) is 7.11 Å². The monoisotopic (exact) mass is 261 g/mol. The van der Waals surface area contributed by atoms with Gasteiger partial charge in [-0.1, -0.05) is 17.7 Å². The Labute approximate surface area is 110 Å². The molecular formula is C14H12ClNO2. The number of halogens is 1. The maximum absolute atomic E-state index is 9.87. The topological polar surface area (TPSA) is 41.8 Å². The average molecular weight is 262 g/mol. The molecule has 0 heterocycles. The molecule has 0 aliphatic carbocycles. The van der Waals surface area contributed by atoms with Crippen LogP contribution in [0.2, 0.25) is 5.02 Å². The fraction of sp³-hybridized carbons (Fsp3) is 0.0714. The minimum Gasteiger partial charge on any atom is -0.504 e. The zero-order chi connectivity index (χ0) is 13.0. The van der Waals surface area contributed by atoms with Crippen LogP contribution in [0, 0.1) is 0 Å². The zero-order valence-corrected chi connectivity index (χ0v) is 10.6. The fourth-order valence-corrected chi connectivity index (χ4v) is 1.61. The molecule has 0 atom stereocenters. The third kappa shape index (κ3) is 2.81. The largest absolute Gasteiger partial charge is 0.504 e. The lowest BCUT2D eigenvalue weighted by atomic mass is 10.2. The number of rotatable bonds is 3. The van der Waals surface area contributed by atoms with Crippen LogP contribution in [-0.2, 0) is 0 Å². The number of methoxy groups -OCH3 is 1. The number of aromatic hydroxyl groups is 1. The summed E-state index contributed by atoms with van der Waals surface area (Å²) in [5.41, 5.74) is 1.37. The van der Waals surface area contributed by atoms with E-state index >= 15 is 0 Å². The molecule has 0 bridgehead atoms. The molecule has 0 saturated heterocycles. The summed E-state index contributed by atoms with van der Waals surface area (Å²) in [5.74, 6) is 0.507. The molecular weight excluding hydrogens is 250 g/mol. The van der Waals surface area contributed by atoms with E-state index in [-0.39, 0.29) is 5.75 Å². The van der Waals surface area contributed by atoms with Gasteiger partial charge in [0.25, 0.3) is 0 Å². The van der Waals surface area contributed by atoms with Gasteiger partial charge in [0, 0.05) is 16.8 Å². The molecule has 0 aliphatic rings. The van der Waals surface area contributed by atoms with Gasteiger partial charge in [0.2, 0.25) is 0 Å². The summed E-state index contributed by atoms with van der Waals surface area (Å²) >= 11 is 5.79. The summed E-state index contributed by atoms with van der Waals surface area (Å²) in [6.07, 6.45) is 1.58. The molecule has 0 unspecified atom stereocenters. The Morgan fingerprint density at radius 2 is 1.89 bits per heavy atom. The van der Waals surface area contributed by atoms with Gasteiger partial charge >= 0.3 is 0 Å². The first-order chi connectivity index (χ1) is 8.70. The van der Waals surface area contributed by atoms with Crippen LogP contribution in [0.15, 0.2) is 47.5 Å². The highest BCUT2D eigenvalue weighted by atomic mass is 35.5. The molecule has 0 saturated carbocycles. The first-order valence-corrected chi connectivity index (χ1v) is 5.74. The molecule has 2 aromatic rings. The van der Waals surface area contributed by atoms with Gasteiger partial charge in [0.15, 0.2) is 11.5 Å². The number of aliphatic imine (C=N–C) groups is 1. The van der Waals surface area contributed by atoms with Crippen molar-refractivity contribution in [3.05, 3.63) is 53.1 Å². The van der Waals surface area contributed by atoms with Crippen molar-refractivity contribution < 1.29 is 9.84 Å². The number of hydrogen-bond acceptors (Lipinski definition) is 3. The molecule has 2 aromatic carbocycles. The van der Waals surface area contributed by atoms with Crippen molar-refractivity contribution in [2.45, 2.75) is 0 Å². The first-order valence-electron chi connectivity index (χ1n) is 5.36. The minimum absolute atomic E-state index is 0.0812. The lowest BCUT2D eigenvalue weighted by Gasteiger charge is -2.04. The molecule has 2 rings (SSSR count). The summed E-state index contributed by atoms with van der Waals surface area (Å²) in [7, 11) is 1.51. The first kappa shape index (κ1) is 12.5. The quantitative estimate of drug-likeness (QED) is 0.854. The van der Waals surface area contributed by atoms with Gasteiger partial charge in [-0.15, -0.1) is 0 Å². The highest BCUT2D eigenvalue weighted by Gasteiger charge is 2.04. The van der Waals surface area contributed by atoms with Crippen LogP contribution >= 0.6 is 11.6 Å². The normalized spacial score (nSPS) is 10.8. The lowest BCUT2D eigenvalue weighted by Crippen LogP contribution is -1.88. The number of nitrogens with zero attached hydrogens (tertiary/aromatic N) is 1. The van der Waals surface area contributed by atoms with Gasteiger partial charge in [0.05, 0.1) is 12.8 Å². The van der Waals surface area contributed by atoms with Crippen molar-refractivity contribution in [2.24, 2.45) is 4.99 Å².